The molecule has 1 amide bonds. The van der Waals surface area contributed by atoms with Gasteiger partial charge in [0.2, 0.25) is 15.9 Å². The van der Waals surface area contributed by atoms with Gasteiger partial charge in [0, 0.05) is 31.2 Å². The molecule has 2 rings (SSSR count). The quantitative estimate of drug-likeness (QED) is 0.823. The van der Waals surface area contributed by atoms with Gasteiger partial charge in [0.1, 0.15) is 10.7 Å². The van der Waals surface area contributed by atoms with Crippen molar-refractivity contribution in [2.75, 3.05) is 32.7 Å². The zero-order valence-electron chi connectivity index (χ0n) is 11.1. The normalized spacial score (nSPS) is 16.0. The van der Waals surface area contributed by atoms with Crippen molar-refractivity contribution in [3.63, 3.8) is 0 Å². The highest BCUT2D eigenvalue weighted by molar-refractivity contribution is 7.89. The third-order valence-corrected chi connectivity index (χ3v) is 4.74. The number of halogens is 2. The first-order chi connectivity index (χ1) is 9.90. The van der Waals surface area contributed by atoms with E-state index in [4.69, 9.17) is 11.6 Å². The number of amides is 1. The first-order valence-electron chi connectivity index (χ1n) is 6.33. The first-order valence-corrected chi connectivity index (χ1v) is 8.19. The van der Waals surface area contributed by atoms with E-state index >= 15 is 0 Å². The predicted octanol–water partition coefficient (Wildman–Crippen LogP) is 0.189. The Labute approximate surface area is 127 Å². The summed E-state index contributed by atoms with van der Waals surface area (Å²) in [6.07, 6.45) is 0. The van der Waals surface area contributed by atoms with Crippen molar-refractivity contribution in [1.82, 2.24) is 14.9 Å². The molecule has 0 bridgehead atoms. The highest BCUT2D eigenvalue weighted by atomic mass is 35.5. The maximum absolute atomic E-state index is 13.6. The molecule has 0 aromatic heterocycles. The van der Waals surface area contributed by atoms with Crippen molar-refractivity contribution in [3.8, 4) is 0 Å². The summed E-state index contributed by atoms with van der Waals surface area (Å²) in [7, 11) is -4.09. The molecule has 1 aromatic carbocycles. The number of carbonyl (C=O) groups is 1. The van der Waals surface area contributed by atoms with Crippen LogP contribution in [0.4, 0.5) is 4.39 Å². The molecular weight excluding hydrogens is 321 g/mol. The second kappa shape index (κ2) is 6.69. The highest BCUT2D eigenvalue weighted by Gasteiger charge is 2.22. The second-order valence-electron chi connectivity index (χ2n) is 4.53. The largest absolute Gasteiger partial charge is 0.339 e. The van der Waals surface area contributed by atoms with Gasteiger partial charge in [-0.15, -0.1) is 0 Å². The summed E-state index contributed by atoms with van der Waals surface area (Å²) in [6, 6.07) is 3.25. The molecule has 0 atom stereocenters. The first kappa shape index (κ1) is 16.2. The highest BCUT2D eigenvalue weighted by Crippen LogP contribution is 2.18. The molecular formula is C12H15ClFN3O3S. The van der Waals surface area contributed by atoms with E-state index in [0.717, 1.165) is 12.1 Å². The lowest BCUT2D eigenvalue weighted by atomic mass is 10.3. The number of nitrogens with one attached hydrogen (secondary N) is 2. The van der Waals surface area contributed by atoms with Gasteiger partial charge in [0.25, 0.3) is 0 Å². The van der Waals surface area contributed by atoms with Crippen molar-refractivity contribution in [2.45, 2.75) is 4.90 Å². The maximum Gasteiger partial charge on any atom is 0.243 e. The van der Waals surface area contributed by atoms with Crippen LogP contribution in [0.3, 0.4) is 0 Å². The topological polar surface area (TPSA) is 78.5 Å². The van der Waals surface area contributed by atoms with Gasteiger partial charge < -0.3 is 10.2 Å². The molecule has 1 saturated heterocycles. The third kappa shape index (κ3) is 4.13. The van der Waals surface area contributed by atoms with Crippen LogP contribution in [0, 0.1) is 5.82 Å². The summed E-state index contributed by atoms with van der Waals surface area (Å²) >= 11 is 5.57. The van der Waals surface area contributed by atoms with Gasteiger partial charge in [-0.3, -0.25) is 4.79 Å². The van der Waals surface area contributed by atoms with E-state index in [-0.39, 0.29) is 10.9 Å². The molecule has 1 aliphatic heterocycles. The number of sulfonamides is 1. The molecule has 2 N–H and O–H groups in total. The zero-order chi connectivity index (χ0) is 15.5. The van der Waals surface area contributed by atoms with Gasteiger partial charge in [0.05, 0.1) is 6.54 Å². The minimum atomic E-state index is -4.09. The lowest BCUT2D eigenvalue weighted by Crippen LogP contribution is -2.49. The number of hydrogen-bond acceptors (Lipinski definition) is 4. The summed E-state index contributed by atoms with van der Waals surface area (Å²) in [4.78, 5) is 12.9. The SMILES string of the molecule is O=C(CNS(=O)(=O)c1ccc(Cl)cc1F)N1CCNCC1. The van der Waals surface area contributed by atoms with Gasteiger partial charge >= 0.3 is 0 Å². The Morgan fingerprint density at radius 1 is 1.38 bits per heavy atom. The summed E-state index contributed by atoms with van der Waals surface area (Å²) in [5, 5.41) is 3.19. The van der Waals surface area contributed by atoms with Crippen LogP contribution in [0.25, 0.3) is 0 Å². The minimum Gasteiger partial charge on any atom is -0.339 e. The molecule has 1 heterocycles. The second-order valence-corrected chi connectivity index (χ2v) is 6.70. The van der Waals surface area contributed by atoms with Crippen molar-refractivity contribution < 1.29 is 17.6 Å². The van der Waals surface area contributed by atoms with Crippen LogP contribution < -0.4 is 10.0 Å². The maximum atomic E-state index is 13.6. The van der Waals surface area contributed by atoms with Crippen LogP contribution in [0.5, 0.6) is 0 Å². The fraction of sp³-hybridized carbons (Fsp3) is 0.417. The molecule has 1 aromatic rings. The fourth-order valence-corrected chi connectivity index (χ4v) is 3.14. The summed E-state index contributed by atoms with van der Waals surface area (Å²) in [6.45, 7) is 1.99. The van der Waals surface area contributed by atoms with Gasteiger partial charge in [0.15, 0.2) is 0 Å². The van der Waals surface area contributed by atoms with E-state index in [1.807, 2.05) is 0 Å². The van der Waals surface area contributed by atoms with Crippen LogP contribution in [0.1, 0.15) is 0 Å². The van der Waals surface area contributed by atoms with Crippen molar-refractivity contribution in [1.29, 1.82) is 0 Å². The molecule has 0 unspecified atom stereocenters. The molecule has 6 nitrogen and oxygen atoms in total. The zero-order valence-corrected chi connectivity index (χ0v) is 12.7. The Kier molecular flexibility index (Phi) is 5.15. The van der Waals surface area contributed by atoms with E-state index in [1.54, 1.807) is 4.90 Å². The monoisotopic (exact) mass is 335 g/mol. The van der Waals surface area contributed by atoms with Crippen molar-refractivity contribution >= 4 is 27.5 Å². The minimum absolute atomic E-state index is 0.100. The lowest BCUT2D eigenvalue weighted by Gasteiger charge is -2.27. The Morgan fingerprint density at radius 3 is 2.67 bits per heavy atom. The summed E-state index contributed by atoms with van der Waals surface area (Å²) in [5.74, 6) is -1.29. The van der Waals surface area contributed by atoms with E-state index in [1.165, 1.54) is 6.07 Å². The van der Waals surface area contributed by atoms with Gasteiger partial charge in [-0.05, 0) is 18.2 Å². The number of hydrogen-bond donors (Lipinski definition) is 2. The standard InChI is InChI=1S/C12H15ClFN3O3S/c13-9-1-2-11(10(14)7-9)21(19,20)16-8-12(18)17-5-3-15-4-6-17/h1-2,7,15-16H,3-6,8H2. The molecule has 21 heavy (non-hydrogen) atoms. The van der Waals surface area contributed by atoms with E-state index in [2.05, 4.69) is 10.0 Å². The van der Waals surface area contributed by atoms with Gasteiger partial charge in [-0.1, -0.05) is 11.6 Å². The number of rotatable bonds is 4. The molecule has 0 spiro atoms. The van der Waals surface area contributed by atoms with E-state index in [0.29, 0.717) is 26.2 Å². The van der Waals surface area contributed by atoms with Gasteiger partial charge in [-0.2, -0.15) is 0 Å². The predicted molar refractivity (Wildman–Crippen MR) is 76.0 cm³/mol. The average molecular weight is 336 g/mol. The van der Waals surface area contributed by atoms with Crippen LogP contribution in [0.2, 0.25) is 5.02 Å². The summed E-state index contributed by atoms with van der Waals surface area (Å²) in [5.41, 5.74) is 0. The number of carbonyl (C=O) groups excluding carboxylic acids is 1. The molecule has 0 aliphatic carbocycles. The number of benzene rings is 1. The van der Waals surface area contributed by atoms with Crippen LogP contribution in [0.15, 0.2) is 23.1 Å². The number of nitrogens with zero attached hydrogens (tertiary/aromatic N) is 1. The van der Waals surface area contributed by atoms with Crippen LogP contribution in [-0.2, 0) is 14.8 Å². The molecule has 0 radical (unpaired) electrons. The lowest BCUT2D eigenvalue weighted by molar-refractivity contribution is -0.130. The summed E-state index contributed by atoms with van der Waals surface area (Å²) < 4.78 is 39.7. The van der Waals surface area contributed by atoms with Crippen molar-refractivity contribution in [3.05, 3.63) is 29.0 Å². The van der Waals surface area contributed by atoms with Crippen LogP contribution >= 0.6 is 11.6 Å². The molecule has 116 valence electrons. The molecule has 1 aliphatic rings. The Morgan fingerprint density at radius 2 is 2.05 bits per heavy atom. The van der Waals surface area contributed by atoms with Gasteiger partial charge in [-0.25, -0.2) is 17.5 Å². The Balaban J connectivity index is 2.02. The Bertz CT molecular complexity index is 633. The molecule has 9 heteroatoms. The average Bonchev–Trinajstić information content (AvgIpc) is 2.45. The van der Waals surface area contributed by atoms with Crippen LogP contribution in [-0.4, -0.2) is 51.9 Å². The Hall–Kier alpha value is -1.22. The van der Waals surface area contributed by atoms with E-state index < -0.39 is 27.3 Å². The molecule has 1 fully saturated rings. The smallest absolute Gasteiger partial charge is 0.243 e. The fourth-order valence-electron chi connectivity index (χ4n) is 1.95. The molecule has 0 saturated carbocycles. The van der Waals surface area contributed by atoms with Crippen molar-refractivity contribution in [2.24, 2.45) is 0 Å². The number of piperazine rings is 1. The van der Waals surface area contributed by atoms with E-state index in [9.17, 15) is 17.6 Å². The third-order valence-electron chi connectivity index (χ3n) is 3.07.